The van der Waals surface area contributed by atoms with Crippen LogP contribution in [0, 0.1) is 0 Å². The minimum absolute atomic E-state index is 0.390. The number of alkyl halides is 1. The Hall–Kier alpha value is -0.0700. The molecule has 0 aliphatic carbocycles. The van der Waals surface area contributed by atoms with Gasteiger partial charge in [0.15, 0.2) is 5.13 Å². The number of ether oxygens (including phenoxy) is 2. The summed E-state index contributed by atoms with van der Waals surface area (Å²) in [5.41, 5.74) is 0. The molecule has 0 bridgehead atoms. The predicted molar refractivity (Wildman–Crippen MR) is 81.9 cm³/mol. The average molecular weight is 327 g/mol. The molecule has 1 aromatic heterocycles. The van der Waals surface area contributed by atoms with Gasteiger partial charge in [-0.3, -0.25) is 0 Å². The number of hydrogen-bond acceptors (Lipinski definition) is 5. The summed E-state index contributed by atoms with van der Waals surface area (Å²) < 4.78 is 10.8. The zero-order valence-electron chi connectivity index (χ0n) is 11.3. The number of aromatic nitrogens is 1. The first-order valence-corrected chi connectivity index (χ1v) is 8.07. The van der Waals surface area contributed by atoms with E-state index in [-0.39, 0.29) is 0 Å². The van der Waals surface area contributed by atoms with Crippen LogP contribution in [-0.4, -0.2) is 44.5 Å². The van der Waals surface area contributed by atoms with Crippen molar-refractivity contribution in [3.05, 3.63) is 10.0 Å². The second kappa shape index (κ2) is 9.77. The van der Waals surface area contributed by atoms with Crippen LogP contribution in [-0.2, 0) is 15.4 Å². The molecule has 0 radical (unpaired) electrons. The molecule has 0 fully saturated rings. The van der Waals surface area contributed by atoms with E-state index in [1.54, 1.807) is 0 Å². The number of rotatable bonds is 10. The third-order valence-corrected chi connectivity index (χ3v) is 4.42. The summed E-state index contributed by atoms with van der Waals surface area (Å²) in [7, 11) is 0. The van der Waals surface area contributed by atoms with E-state index in [4.69, 9.17) is 32.7 Å². The summed E-state index contributed by atoms with van der Waals surface area (Å²) in [6.07, 6.45) is 0. The van der Waals surface area contributed by atoms with Gasteiger partial charge in [0.2, 0.25) is 0 Å². The molecule has 0 N–H and O–H groups in total. The van der Waals surface area contributed by atoms with Crippen LogP contribution in [0.4, 0.5) is 5.13 Å². The standard InChI is InChI=1S/C12H20Cl2N2O2S/c1-3-17-7-5-16(6-8-18-4-2)12-15-11(14)10(9-13)19-12/h3-9H2,1-2H3. The zero-order valence-corrected chi connectivity index (χ0v) is 13.7. The lowest BCUT2D eigenvalue weighted by atomic mass is 10.5. The van der Waals surface area contributed by atoms with E-state index in [9.17, 15) is 0 Å². The maximum absolute atomic E-state index is 6.04. The van der Waals surface area contributed by atoms with E-state index < -0.39 is 0 Å². The van der Waals surface area contributed by atoms with Crippen molar-refractivity contribution in [3.63, 3.8) is 0 Å². The van der Waals surface area contributed by atoms with Crippen molar-refractivity contribution in [2.75, 3.05) is 44.4 Å². The molecule has 0 unspecified atom stereocenters. The fourth-order valence-corrected chi connectivity index (χ4v) is 3.01. The zero-order chi connectivity index (χ0) is 14.1. The first kappa shape index (κ1) is 17.0. The van der Waals surface area contributed by atoms with Crippen LogP contribution in [0.3, 0.4) is 0 Å². The van der Waals surface area contributed by atoms with Crippen LogP contribution >= 0.6 is 34.5 Å². The first-order chi connectivity index (χ1) is 9.22. The van der Waals surface area contributed by atoms with Gasteiger partial charge in [0.05, 0.1) is 24.0 Å². The van der Waals surface area contributed by atoms with Gasteiger partial charge < -0.3 is 14.4 Å². The molecule has 0 saturated heterocycles. The quantitative estimate of drug-likeness (QED) is 0.487. The van der Waals surface area contributed by atoms with Crippen molar-refractivity contribution < 1.29 is 9.47 Å². The number of halogens is 2. The summed E-state index contributed by atoms with van der Waals surface area (Å²) >= 11 is 13.4. The fraction of sp³-hybridized carbons (Fsp3) is 0.750. The molecule has 0 aliphatic rings. The largest absolute Gasteiger partial charge is 0.380 e. The Kier molecular flexibility index (Phi) is 8.74. The van der Waals surface area contributed by atoms with Gasteiger partial charge in [0, 0.05) is 26.3 Å². The van der Waals surface area contributed by atoms with Crippen LogP contribution in [0.5, 0.6) is 0 Å². The van der Waals surface area contributed by atoms with Crippen LogP contribution in [0.15, 0.2) is 0 Å². The Bertz CT molecular complexity index is 353. The van der Waals surface area contributed by atoms with E-state index in [1.807, 2.05) is 13.8 Å². The highest BCUT2D eigenvalue weighted by atomic mass is 35.5. The molecule has 0 saturated carbocycles. The highest BCUT2D eigenvalue weighted by Gasteiger charge is 2.14. The van der Waals surface area contributed by atoms with Gasteiger partial charge in [-0.25, -0.2) is 4.98 Å². The van der Waals surface area contributed by atoms with Gasteiger partial charge in [0.1, 0.15) is 5.15 Å². The maximum atomic E-state index is 6.04. The number of nitrogens with zero attached hydrogens (tertiary/aromatic N) is 2. The molecular formula is C12H20Cl2N2O2S. The Balaban J connectivity index is 2.63. The van der Waals surface area contributed by atoms with Gasteiger partial charge in [-0.2, -0.15) is 0 Å². The highest BCUT2D eigenvalue weighted by Crippen LogP contribution is 2.30. The van der Waals surface area contributed by atoms with Gasteiger partial charge in [-0.15, -0.1) is 11.6 Å². The van der Waals surface area contributed by atoms with Gasteiger partial charge in [-0.1, -0.05) is 22.9 Å². The van der Waals surface area contributed by atoms with Crippen LogP contribution in [0.2, 0.25) is 5.15 Å². The summed E-state index contributed by atoms with van der Waals surface area (Å²) in [4.78, 5) is 7.38. The van der Waals surface area contributed by atoms with E-state index >= 15 is 0 Å². The van der Waals surface area contributed by atoms with E-state index in [1.165, 1.54) is 11.3 Å². The van der Waals surface area contributed by atoms with Crippen molar-refractivity contribution >= 4 is 39.7 Å². The average Bonchev–Trinajstić information content (AvgIpc) is 2.78. The molecule has 1 rings (SSSR count). The van der Waals surface area contributed by atoms with Crippen LogP contribution in [0.25, 0.3) is 0 Å². The van der Waals surface area contributed by atoms with Crippen LogP contribution < -0.4 is 4.90 Å². The molecule has 4 nitrogen and oxygen atoms in total. The summed E-state index contributed by atoms with van der Waals surface area (Å²) in [5.74, 6) is 0.390. The van der Waals surface area contributed by atoms with Gasteiger partial charge in [-0.05, 0) is 13.8 Å². The molecule has 7 heteroatoms. The second-order valence-electron chi connectivity index (χ2n) is 3.72. The normalized spacial score (nSPS) is 10.9. The summed E-state index contributed by atoms with van der Waals surface area (Å²) in [5, 5.41) is 1.37. The molecule has 0 aliphatic heterocycles. The molecule has 1 heterocycles. The second-order valence-corrected chi connectivity index (χ2v) is 5.41. The van der Waals surface area contributed by atoms with Gasteiger partial charge >= 0.3 is 0 Å². The Morgan fingerprint density at radius 2 is 1.74 bits per heavy atom. The Labute approximate surface area is 128 Å². The number of thiazole rings is 1. The third kappa shape index (κ3) is 5.83. The Morgan fingerprint density at radius 3 is 2.16 bits per heavy atom. The van der Waals surface area contributed by atoms with Gasteiger partial charge in [0.25, 0.3) is 0 Å². The number of anilines is 1. The summed E-state index contributed by atoms with van der Waals surface area (Å²) in [6.45, 7) is 8.26. The van der Waals surface area contributed by atoms with Crippen LogP contribution in [0.1, 0.15) is 18.7 Å². The lowest BCUT2D eigenvalue weighted by Gasteiger charge is -2.21. The highest BCUT2D eigenvalue weighted by molar-refractivity contribution is 7.16. The molecule has 0 atom stereocenters. The van der Waals surface area contributed by atoms with E-state index in [0.29, 0.717) is 37.5 Å². The minimum atomic E-state index is 0.390. The molecule has 0 spiro atoms. The topological polar surface area (TPSA) is 34.6 Å². The number of hydrogen-bond donors (Lipinski definition) is 0. The van der Waals surface area contributed by atoms with E-state index in [2.05, 4.69) is 9.88 Å². The molecular weight excluding hydrogens is 307 g/mol. The molecule has 19 heavy (non-hydrogen) atoms. The summed E-state index contributed by atoms with van der Waals surface area (Å²) in [6, 6.07) is 0. The van der Waals surface area contributed by atoms with Crippen molar-refractivity contribution in [1.29, 1.82) is 0 Å². The maximum Gasteiger partial charge on any atom is 0.187 e. The predicted octanol–water partition coefficient (Wildman–Crippen LogP) is 3.41. The SMILES string of the molecule is CCOCCN(CCOCC)c1nc(Cl)c(CCl)s1. The molecule has 0 aromatic carbocycles. The molecule has 0 amide bonds. The smallest absolute Gasteiger partial charge is 0.187 e. The molecule has 1 aromatic rings. The lowest BCUT2D eigenvalue weighted by molar-refractivity contribution is 0.141. The van der Waals surface area contributed by atoms with Crippen molar-refractivity contribution in [3.8, 4) is 0 Å². The van der Waals surface area contributed by atoms with E-state index in [0.717, 1.165) is 23.1 Å². The third-order valence-electron chi connectivity index (χ3n) is 2.45. The minimum Gasteiger partial charge on any atom is -0.380 e. The van der Waals surface area contributed by atoms with Crippen molar-refractivity contribution in [2.45, 2.75) is 19.7 Å². The monoisotopic (exact) mass is 326 g/mol. The van der Waals surface area contributed by atoms with Crippen molar-refractivity contribution in [2.24, 2.45) is 0 Å². The van der Waals surface area contributed by atoms with Crippen molar-refractivity contribution in [1.82, 2.24) is 4.98 Å². The molecule has 110 valence electrons. The Morgan fingerprint density at radius 1 is 1.16 bits per heavy atom. The lowest BCUT2D eigenvalue weighted by Crippen LogP contribution is -2.31. The fourth-order valence-electron chi connectivity index (χ4n) is 1.48. The first-order valence-electron chi connectivity index (χ1n) is 6.34.